The summed E-state index contributed by atoms with van der Waals surface area (Å²) in [4.78, 5) is 3.20. The second-order valence-corrected chi connectivity index (χ2v) is 6.03. The number of halogens is 3. The number of rotatable bonds is 5. The van der Waals surface area contributed by atoms with Crippen LogP contribution in [0.5, 0.6) is 0 Å². The topological polar surface area (TPSA) is 15.8 Å². The van der Waals surface area contributed by atoms with Gasteiger partial charge in [0, 0.05) is 22.7 Å². The van der Waals surface area contributed by atoms with Gasteiger partial charge in [-0.05, 0) is 47.8 Å². The van der Waals surface area contributed by atoms with Crippen molar-refractivity contribution < 1.29 is 13.2 Å². The van der Waals surface area contributed by atoms with E-state index in [0.29, 0.717) is 24.0 Å². The molecule has 0 aliphatic heterocycles. The molecular formula is C21H18F3N. The van der Waals surface area contributed by atoms with Crippen molar-refractivity contribution in [2.24, 2.45) is 0 Å². The monoisotopic (exact) mass is 341 g/mol. The third-order valence-electron chi connectivity index (χ3n) is 4.30. The van der Waals surface area contributed by atoms with E-state index in [-0.39, 0.29) is 0 Å². The highest BCUT2D eigenvalue weighted by atomic mass is 19.4. The molecule has 0 fully saturated rings. The van der Waals surface area contributed by atoms with Crippen LogP contribution >= 0.6 is 0 Å². The van der Waals surface area contributed by atoms with Crippen molar-refractivity contribution in [3.63, 3.8) is 0 Å². The second-order valence-electron chi connectivity index (χ2n) is 6.03. The number of para-hydroxylation sites is 1. The summed E-state index contributed by atoms with van der Waals surface area (Å²) >= 11 is 0. The first-order valence-corrected chi connectivity index (χ1v) is 7.96. The summed E-state index contributed by atoms with van der Waals surface area (Å²) in [6.45, 7) is 8.08. The molecule has 1 aromatic heterocycles. The van der Waals surface area contributed by atoms with Crippen LogP contribution in [0.15, 0.2) is 67.9 Å². The number of allylic oxidation sites excluding steroid dienone is 2. The molecule has 1 nitrogen and oxygen atoms in total. The summed E-state index contributed by atoms with van der Waals surface area (Å²) < 4.78 is 38.5. The lowest BCUT2D eigenvalue weighted by Crippen LogP contribution is -2.05. The molecule has 4 heteroatoms. The van der Waals surface area contributed by atoms with Gasteiger partial charge in [-0.25, -0.2) is 0 Å². The van der Waals surface area contributed by atoms with E-state index in [0.717, 1.165) is 34.2 Å². The Morgan fingerprint density at radius 3 is 2.40 bits per heavy atom. The molecule has 0 radical (unpaired) electrons. The van der Waals surface area contributed by atoms with Crippen LogP contribution in [0.4, 0.5) is 13.2 Å². The van der Waals surface area contributed by atoms with Gasteiger partial charge < -0.3 is 4.98 Å². The van der Waals surface area contributed by atoms with E-state index in [1.807, 2.05) is 30.5 Å². The summed E-state index contributed by atoms with van der Waals surface area (Å²) in [5.41, 5.74) is 3.55. The Bertz CT molecular complexity index is 931. The smallest absolute Gasteiger partial charge is 0.361 e. The fraction of sp³-hybridized carbons (Fsp3) is 0.143. The Labute approximate surface area is 144 Å². The maximum absolute atomic E-state index is 12.8. The molecule has 0 aliphatic rings. The minimum absolute atomic E-state index is 0.515. The highest BCUT2D eigenvalue weighted by Gasteiger charge is 2.30. The van der Waals surface area contributed by atoms with Crippen molar-refractivity contribution in [2.75, 3.05) is 0 Å². The van der Waals surface area contributed by atoms with Crippen molar-refractivity contribution in [1.82, 2.24) is 4.98 Å². The third kappa shape index (κ3) is 3.68. The number of H-pyrrole nitrogens is 1. The molecule has 128 valence electrons. The average molecular weight is 341 g/mol. The van der Waals surface area contributed by atoms with Crippen LogP contribution in [0, 0.1) is 0 Å². The molecule has 0 saturated carbocycles. The molecule has 0 unspecified atom stereocenters. The minimum atomic E-state index is -4.34. The predicted molar refractivity (Wildman–Crippen MR) is 97.0 cm³/mol. The molecule has 3 rings (SSSR count). The van der Waals surface area contributed by atoms with E-state index in [2.05, 4.69) is 18.1 Å². The quantitative estimate of drug-likeness (QED) is 0.532. The first-order valence-electron chi connectivity index (χ1n) is 7.96. The van der Waals surface area contributed by atoms with Crippen LogP contribution in [-0.2, 0) is 6.18 Å². The SMILES string of the molecule is C=C(CCC(=C)c1c[nH]c2ccccc12)c1cccc(C(F)(F)F)c1. The van der Waals surface area contributed by atoms with Crippen molar-refractivity contribution in [3.8, 4) is 0 Å². The summed E-state index contributed by atoms with van der Waals surface area (Å²) in [6, 6.07) is 13.2. The Morgan fingerprint density at radius 2 is 1.64 bits per heavy atom. The van der Waals surface area contributed by atoms with Crippen molar-refractivity contribution >= 4 is 22.0 Å². The molecule has 0 bridgehead atoms. The molecule has 1 N–H and O–H groups in total. The zero-order valence-electron chi connectivity index (χ0n) is 13.7. The van der Waals surface area contributed by atoms with E-state index in [4.69, 9.17) is 0 Å². The van der Waals surface area contributed by atoms with Gasteiger partial charge in [0.2, 0.25) is 0 Å². The van der Waals surface area contributed by atoms with Gasteiger partial charge in [0.05, 0.1) is 5.56 Å². The number of benzene rings is 2. The van der Waals surface area contributed by atoms with Gasteiger partial charge in [-0.1, -0.05) is 43.5 Å². The van der Waals surface area contributed by atoms with Crippen LogP contribution in [0.1, 0.15) is 29.5 Å². The maximum Gasteiger partial charge on any atom is 0.416 e. The van der Waals surface area contributed by atoms with Gasteiger partial charge in [0.1, 0.15) is 0 Å². The van der Waals surface area contributed by atoms with Gasteiger partial charge in [-0.3, -0.25) is 0 Å². The molecule has 0 atom stereocenters. The van der Waals surface area contributed by atoms with Crippen molar-refractivity contribution in [2.45, 2.75) is 19.0 Å². The van der Waals surface area contributed by atoms with Gasteiger partial charge in [-0.2, -0.15) is 13.2 Å². The molecule has 0 saturated heterocycles. The molecule has 2 aromatic carbocycles. The van der Waals surface area contributed by atoms with E-state index < -0.39 is 11.7 Å². The lowest BCUT2D eigenvalue weighted by Gasteiger charge is -2.11. The second kappa shape index (κ2) is 6.63. The predicted octanol–water partition coefficient (Wildman–Crippen LogP) is 6.69. The maximum atomic E-state index is 12.8. The fourth-order valence-electron chi connectivity index (χ4n) is 2.86. The first-order chi connectivity index (χ1) is 11.9. The van der Waals surface area contributed by atoms with Crippen LogP contribution in [0.25, 0.3) is 22.0 Å². The molecule has 1 heterocycles. The van der Waals surface area contributed by atoms with Crippen LogP contribution < -0.4 is 0 Å². The number of hydrogen-bond acceptors (Lipinski definition) is 0. The largest absolute Gasteiger partial charge is 0.416 e. The molecular weight excluding hydrogens is 323 g/mol. The lowest BCUT2D eigenvalue weighted by molar-refractivity contribution is -0.137. The molecule has 3 aromatic rings. The number of aromatic nitrogens is 1. The summed E-state index contributed by atoms with van der Waals surface area (Å²) in [5.74, 6) is 0. The summed E-state index contributed by atoms with van der Waals surface area (Å²) in [7, 11) is 0. The Kier molecular flexibility index (Phi) is 4.53. The van der Waals surface area contributed by atoms with Crippen molar-refractivity contribution in [1.29, 1.82) is 0 Å². The Balaban J connectivity index is 1.71. The number of alkyl halides is 3. The van der Waals surface area contributed by atoms with E-state index in [1.165, 1.54) is 6.07 Å². The molecule has 0 spiro atoms. The normalized spacial score (nSPS) is 11.6. The number of fused-ring (bicyclic) bond motifs is 1. The zero-order chi connectivity index (χ0) is 18.0. The minimum Gasteiger partial charge on any atom is -0.361 e. The van der Waals surface area contributed by atoms with Gasteiger partial charge in [-0.15, -0.1) is 0 Å². The fourth-order valence-corrected chi connectivity index (χ4v) is 2.86. The summed E-state index contributed by atoms with van der Waals surface area (Å²) in [5, 5.41) is 1.09. The highest BCUT2D eigenvalue weighted by molar-refractivity contribution is 5.92. The lowest BCUT2D eigenvalue weighted by atomic mass is 9.96. The highest BCUT2D eigenvalue weighted by Crippen LogP contribution is 2.33. The average Bonchev–Trinajstić information content (AvgIpc) is 3.03. The van der Waals surface area contributed by atoms with Crippen LogP contribution in [-0.4, -0.2) is 4.98 Å². The third-order valence-corrected chi connectivity index (χ3v) is 4.30. The zero-order valence-corrected chi connectivity index (χ0v) is 13.7. The standard InChI is InChI=1S/C21H18F3N/c1-14(16-6-5-7-17(12-16)21(22,23)24)10-11-15(2)19-13-25-20-9-4-3-8-18(19)20/h3-9,12-13,25H,1-2,10-11H2. The molecule has 0 amide bonds. The van der Waals surface area contributed by atoms with Gasteiger partial charge in [0.25, 0.3) is 0 Å². The Hall–Kier alpha value is -2.75. The molecule has 0 aliphatic carbocycles. The van der Waals surface area contributed by atoms with Crippen LogP contribution in [0.2, 0.25) is 0 Å². The van der Waals surface area contributed by atoms with Crippen LogP contribution in [0.3, 0.4) is 0 Å². The van der Waals surface area contributed by atoms with E-state index >= 15 is 0 Å². The number of nitrogens with one attached hydrogen (secondary N) is 1. The van der Waals surface area contributed by atoms with Gasteiger partial charge >= 0.3 is 6.18 Å². The first kappa shape index (κ1) is 17.1. The Morgan fingerprint density at radius 1 is 0.920 bits per heavy atom. The van der Waals surface area contributed by atoms with Gasteiger partial charge in [0.15, 0.2) is 0 Å². The van der Waals surface area contributed by atoms with E-state index in [9.17, 15) is 13.2 Å². The number of hydrogen-bond donors (Lipinski definition) is 1. The van der Waals surface area contributed by atoms with E-state index in [1.54, 1.807) is 6.07 Å². The molecule has 25 heavy (non-hydrogen) atoms. The van der Waals surface area contributed by atoms with Crippen molar-refractivity contribution in [3.05, 3.63) is 84.6 Å². The summed E-state index contributed by atoms with van der Waals surface area (Å²) in [6.07, 6.45) is -1.24. The number of aromatic amines is 1.